The van der Waals surface area contributed by atoms with Crippen LogP contribution in [0.15, 0.2) is 48.5 Å². The quantitative estimate of drug-likeness (QED) is 0.767. The van der Waals surface area contributed by atoms with Crippen molar-refractivity contribution < 1.29 is 17.9 Å². The Hall–Kier alpha value is -2.09. The van der Waals surface area contributed by atoms with Gasteiger partial charge in [-0.3, -0.25) is 4.90 Å². The average molecular weight is 417 g/mol. The van der Waals surface area contributed by atoms with Gasteiger partial charge in [0.1, 0.15) is 17.1 Å². The number of nitrogens with zero attached hydrogens (tertiary/aromatic N) is 2. The molecule has 0 aromatic heterocycles. The molecule has 1 saturated heterocycles. The number of hydrogen-bond acceptors (Lipinski definition) is 5. The summed E-state index contributed by atoms with van der Waals surface area (Å²) in [5.41, 5.74) is 1.48. The number of methoxy groups -OCH3 is 1. The molecule has 1 fully saturated rings. The van der Waals surface area contributed by atoms with Crippen molar-refractivity contribution in [1.29, 1.82) is 0 Å². The van der Waals surface area contributed by atoms with Crippen LogP contribution < -0.4 is 9.47 Å². The van der Waals surface area contributed by atoms with E-state index in [1.165, 1.54) is 6.26 Å². The zero-order chi connectivity index (χ0) is 20.5. The molecular weight excluding hydrogens is 388 g/mol. The van der Waals surface area contributed by atoms with Crippen LogP contribution in [0.4, 0.5) is 0 Å². The van der Waals surface area contributed by atoms with E-state index in [-0.39, 0.29) is 0 Å². The predicted octanol–water partition coefficient (Wildman–Crippen LogP) is 2.88. The molecule has 6 nitrogen and oxygen atoms in total. The van der Waals surface area contributed by atoms with Gasteiger partial charge in [0.25, 0.3) is 0 Å². The summed E-state index contributed by atoms with van der Waals surface area (Å²) in [5.74, 6) is 1.66. The number of ether oxygens (including phenoxy) is 2. The summed E-state index contributed by atoms with van der Waals surface area (Å²) < 4.78 is 38.6. The van der Waals surface area contributed by atoms with Gasteiger partial charge in [-0.15, -0.1) is 0 Å². The van der Waals surface area contributed by atoms with Gasteiger partial charge < -0.3 is 9.47 Å². The fourth-order valence-electron chi connectivity index (χ4n) is 4.41. The highest BCUT2D eigenvalue weighted by molar-refractivity contribution is 7.88. The first kappa shape index (κ1) is 20.2. The molecule has 4 rings (SSSR count). The van der Waals surface area contributed by atoms with Crippen LogP contribution in [0, 0.1) is 0 Å². The third-order valence-electron chi connectivity index (χ3n) is 5.78. The molecule has 2 heterocycles. The second-order valence-corrected chi connectivity index (χ2v) is 10.0. The Bertz CT molecular complexity index is 978. The molecule has 2 aromatic rings. The third-order valence-corrected chi connectivity index (χ3v) is 6.98. The van der Waals surface area contributed by atoms with E-state index in [1.54, 1.807) is 11.4 Å². The number of fused-ring (bicyclic) bond motifs is 1. The van der Waals surface area contributed by atoms with E-state index >= 15 is 0 Å². The van der Waals surface area contributed by atoms with Crippen LogP contribution in [-0.2, 0) is 23.1 Å². The minimum absolute atomic E-state index is 0.350. The second-order valence-electron chi connectivity index (χ2n) is 8.05. The van der Waals surface area contributed by atoms with Gasteiger partial charge in [-0.25, -0.2) is 8.42 Å². The summed E-state index contributed by atoms with van der Waals surface area (Å²) in [7, 11) is -1.65. The molecule has 1 spiro atoms. The highest BCUT2D eigenvalue weighted by atomic mass is 32.2. The molecule has 0 amide bonds. The summed E-state index contributed by atoms with van der Waals surface area (Å²) >= 11 is 0. The minimum atomic E-state index is -3.34. The summed E-state index contributed by atoms with van der Waals surface area (Å²) in [5, 5.41) is 0. The highest BCUT2D eigenvalue weighted by Crippen LogP contribution is 2.36. The van der Waals surface area contributed by atoms with Gasteiger partial charge in [0.05, 0.1) is 19.9 Å². The molecule has 0 saturated carbocycles. The van der Waals surface area contributed by atoms with Gasteiger partial charge in [-0.1, -0.05) is 36.4 Å². The molecule has 2 aliphatic heterocycles. The van der Waals surface area contributed by atoms with Crippen molar-refractivity contribution in [2.45, 2.75) is 31.5 Å². The fourth-order valence-corrected chi connectivity index (χ4v) is 5.26. The van der Waals surface area contributed by atoms with Crippen molar-refractivity contribution in [2.24, 2.45) is 0 Å². The predicted molar refractivity (Wildman–Crippen MR) is 113 cm³/mol. The minimum Gasteiger partial charge on any atom is -0.496 e. The van der Waals surface area contributed by atoms with E-state index in [0.717, 1.165) is 48.6 Å². The van der Waals surface area contributed by atoms with Crippen LogP contribution >= 0.6 is 0 Å². The fraction of sp³-hybridized carbons (Fsp3) is 0.455. The summed E-state index contributed by atoms with van der Waals surface area (Å²) in [6.45, 7) is 3.08. The van der Waals surface area contributed by atoms with Crippen LogP contribution in [0.2, 0.25) is 0 Å². The van der Waals surface area contributed by atoms with E-state index in [4.69, 9.17) is 9.47 Å². The van der Waals surface area contributed by atoms with Crippen molar-refractivity contribution in [1.82, 2.24) is 9.21 Å². The normalized spacial score (nSPS) is 23.2. The van der Waals surface area contributed by atoms with Crippen LogP contribution in [0.1, 0.15) is 24.0 Å². The maximum Gasteiger partial charge on any atom is 0.211 e. The van der Waals surface area contributed by atoms with Gasteiger partial charge in [0.15, 0.2) is 0 Å². The van der Waals surface area contributed by atoms with Crippen LogP contribution in [0.3, 0.4) is 0 Å². The Morgan fingerprint density at radius 2 is 1.86 bits per heavy atom. The molecule has 29 heavy (non-hydrogen) atoms. The van der Waals surface area contributed by atoms with E-state index < -0.39 is 15.6 Å². The Balaban J connectivity index is 1.63. The number of rotatable bonds is 4. The average Bonchev–Trinajstić information content (AvgIpc) is 2.85. The van der Waals surface area contributed by atoms with Crippen molar-refractivity contribution in [3.05, 3.63) is 59.7 Å². The molecule has 0 unspecified atom stereocenters. The van der Waals surface area contributed by atoms with Crippen molar-refractivity contribution in [2.75, 3.05) is 33.0 Å². The largest absolute Gasteiger partial charge is 0.496 e. The van der Waals surface area contributed by atoms with Gasteiger partial charge in [0, 0.05) is 30.8 Å². The lowest BCUT2D eigenvalue weighted by molar-refractivity contribution is -0.0181. The zero-order valence-electron chi connectivity index (χ0n) is 17.0. The first-order chi connectivity index (χ1) is 13.9. The third kappa shape index (κ3) is 4.42. The monoisotopic (exact) mass is 416 g/mol. The molecule has 0 bridgehead atoms. The van der Waals surface area contributed by atoms with Gasteiger partial charge in [0.2, 0.25) is 10.0 Å². The number of piperidine rings is 1. The lowest BCUT2D eigenvalue weighted by Crippen LogP contribution is -2.57. The van der Waals surface area contributed by atoms with E-state index in [1.807, 2.05) is 42.5 Å². The zero-order valence-corrected chi connectivity index (χ0v) is 17.8. The van der Waals surface area contributed by atoms with E-state index in [0.29, 0.717) is 19.6 Å². The Morgan fingerprint density at radius 3 is 2.66 bits per heavy atom. The SMILES string of the molecule is COc1ccccc1CN1CCC[C@]2(C1)CN(S(C)(=O)=O)Cc1ccccc1O2. The maximum atomic E-state index is 12.5. The lowest BCUT2D eigenvalue weighted by Gasteiger charge is -2.43. The Morgan fingerprint density at radius 1 is 1.10 bits per heavy atom. The van der Waals surface area contributed by atoms with E-state index in [2.05, 4.69) is 11.0 Å². The number of sulfonamides is 1. The lowest BCUT2D eigenvalue weighted by atomic mass is 9.92. The molecule has 7 heteroatoms. The van der Waals surface area contributed by atoms with Crippen molar-refractivity contribution >= 4 is 10.0 Å². The molecule has 2 aliphatic rings. The highest BCUT2D eigenvalue weighted by Gasteiger charge is 2.43. The summed E-state index contributed by atoms with van der Waals surface area (Å²) in [6.07, 6.45) is 3.06. The molecule has 0 radical (unpaired) electrons. The molecule has 0 aliphatic carbocycles. The number of benzene rings is 2. The van der Waals surface area contributed by atoms with Crippen LogP contribution in [-0.4, -0.2) is 56.2 Å². The molecule has 156 valence electrons. The van der Waals surface area contributed by atoms with Crippen LogP contribution in [0.5, 0.6) is 11.5 Å². The maximum absolute atomic E-state index is 12.5. The van der Waals surface area contributed by atoms with E-state index in [9.17, 15) is 8.42 Å². The summed E-state index contributed by atoms with van der Waals surface area (Å²) in [6, 6.07) is 15.8. The molecular formula is C22H28N2O4S. The molecule has 2 aromatic carbocycles. The van der Waals surface area contributed by atoms with Gasteiger partial charge in [-0.05, 0) is 31.5 Å². The number of hydrogen-bond donors (Lipinski definition) is 0. The van der Waals surface area contributed by atoms with Crippen molar-refractivity contribution in [3.8, 4) is 11.5 Å². The van der Waals surface area contributed by atoms with Crippen LogP contribution in [0.25, 0.3) is 0 Å². The Labute approximate surface area is 173 Å². The molecule has 0 N–H and O–H groups in total. The smallest absolute Gasteiger partial charge is 0.211 e. The standard InChI is InChI=1S/C22H28N2O4S/c1-27-20-10-5-3-8-18(20)14-23-13-7-12-22(16-23)17-24(29(2,25)26)15-19-9-4-6-11-21(19)28-22/h3-6,8-11H,7,12-17H2,1-2H3/t22-/m0/s1. The first-order valence-corrected chi connectivity index (χ1v) is 11.8. The second kappa shape index (κ2) is 7.97. The van der Waals surface area contributed by atoms with Crippen molar-refractivity contribution in [3.63, 3.8) is 0 Å². The number of likely N-dealkylation sites (tertiary alicyclic amines) is 1. The summed E-state index contributed by atoms with van der Waals surface area (Å²) in [4.78, 5) is 2.34. The molecule has 1 atom stereocenters. The topological polar surface area (TPSA) is 59.1 Å². The first-order valence-electron chi connectivity index (χ1n) is 9.95. The van der Waals surface area contributed by atoms with Gasteiger partial charge in [-0.2, -0.15) is 4.31 Å². The Kier molecular flexibility index (Phi) is 5.55. The number of para-hydroxylation sites is 2. The van der Waals surface area contributed by atoms with Gasteiger partial charge >= 0.3 is 0 Å².